The van der Waals surface area contributed by atoms with Gasteiger partial charge in [0.05, 0.1) is 11.9 Å². The number of anilines is 2. The van der Waals surface area contributed by atoms with Crippen molar-refractivity contribution in [3.05, 3.63) is 59.8 Å². The van der Waals surface area contributed by atoms with Gasteiger partial charge in [0.15, 0.2) is 0 Å². The van der Waals surface area contributed by atoms with Crippen LogP contribution >= 0.6 is 0 Å². The summed E-state index contributed by atoms with van der Waals surface area (Å²) in [5.74, 6) is 0.453. The number of nitrogens with one attached hydrogen (secondary N) is 1. The first-order valence-corrected chi connectivity index (χ1v) is 8.62. The minimum atomic E-state index is -0.0341. The van der Waals surface area contributed by atoms with Gasteiger partial charge < -0.3 is 21.4 Å². The van der Waals surface area contributed by atoms with Crippen LogP contribution in [0.15, 0.2) is 48.7 Å². The van der Waals surface area contributed by atoms with Crippen molar-refractivity contribution < 1.29 is 4.79 Å². The van der Waals surface area contributed by atoms with Gasteiger partial charge in [0.1, 0.15) is 5.82 Å². The van der Waals surface area contributed by atoms with E-state index in [1.165, 1.54) is 0 Å². The Bertz CT molecular complexity index is 1160. The molecule has 0 radical (unpaired) electrons. The number of nitrogens with zero attached hydrogens (tertiary/aromatic N) is 3. The Morgan fingerprint density at radius 1 is 1.11 bits per heavy atom. The highest BCUT2D eigenvalue weighted by atomic mass is 16.1. The van der Waals surface area contributed by atoms with Crippen molar-refractivity contribution in [1.29, 1.82) is 0 Å². The van der Waals surface area contributed by atoms with Gasteiger partial charge in [-0.1, -0.05) is 24.3 Å². The fourth-order valence-corrected chi connectivity index (χ4v) is 3.33. The average molecular weight is 360 g/mol. The SMILES string of the molecule is Cn1cc(CC(=O)NCc2ccc3c(N)nc(N)nc3c2)c2ccccc21. The monoisotopic (exact) mass is 360 g/mol. The molecule has 0 spiro atoms. The van der Waals surface area contributed by atoms with E-state index in [9.17, 15) is 4.79 Å². The second-order valence-electron chi connectivity index (χ2n) is 6.55. The van der Waals surface area contributed by atoms with Gasteiger partial charge in [0.2, 0.25) is 11.9 Å². The van der Waals surface area contributed by atoms with Crippen LogP contribution in [0.3, 0.4) is 0 Å². The van der Waals surface area contributed by atoms with Gasteiger partial charge in [-0.3, -0.25) is 4.79 Å². The molecule has 0 fully saturated rings. The third kappa shape index (κ3) is 3.27. The lowest BCUT2D eigenvalue weighted by molar-refractivity contribution is -0.120. The fourth-order valence-electron chi connectivity index (χ4n) is 3.33. The van der Waals surface area contributed by atoms with Gasteiger partial charge in [-0.15, -0.1) is 0 Å². The topological polar surface area (TPSA) is 112 Å². The highest BCUT2D eigenvalue weighted by Gasteiger charge is 2.11. The number of aryl methyl sites for hydroxylation is 1. The molecule has 7 heteroatoms. The molecule has 1 amide bonds. The summed E-state index contributed by atoms with van der Waals surface area (Å²) in [7, 11) is 1.98. The van der Waals surface area contributed by atoms with Crippen LogP contribution in [0.4, 0.5) is 11.8 Å². The van der Waals surface area contributed by atoms with Crippen molar-refractivity contribution >= 4 is 39.5 Å². The second kappa shape index (κ2) is 6.60. The maximum absolute atomic E-state index is 12.4. The Balaban J connectivity index is 1.48. The molecular weight excluding hydrogens is 340 g/mol. The number of para-hydroxylation sites is 1. The zero-order valence-electron chi connectivity index (χ0n) is 14.9. The summed E-state index contributed by atoms with van der Waals surface area (Å²) in [5, 5.41) is 4.81. The lowest BCUT2D eigenvalue weighted by Crippen LogP contribution is -2.24. The minimum Gasteiger partial charge on any atom is -0.383 e. The molecule has 2 aromatic carbocycles. The van der Waals surface area contributed by atoms with Crippen LogP contribution in [-0.2, 0) is 24.8 Å². The molecule has 0 saturated carbocycles. The average Bonchev–Trinajstić information content (AvgIpc) is 2.95. The molecule has 0 aliphatic carbocycles. The van der Waals surface area contributed by atoms with E-state index in [1.54, 1.807) is 0 Å². The summed E-state index contributed by atoms with van der Waals surface area (Å²) in [5.41, 5.74) is 15.2. The predicted octanol–water partition coefficient (Wildman–Crippen LogP) is 2.14. The van der Waals surface area contributed by atoms with Crippen LogP contribution in [0.25, 0.3) is 21.8 Å². The van der Waals surface area contributed by atoms with Crippen LogP contribution < -0.4 is 16.8 Å². The predicted molar refractivity (Wildman–Crippen MR) is 107 cm³/mol. The molecule has 136 valence electrons. The molecule has 7 nitrogen and oxygen atoms in total. The third-order valence-corrected chi connectivity index (χ3v) is 4.63. The molecule has 4 rings (SSSR count). The highest BCUT2D eigenvalue weighted by molar-refractivity contribution is 5.90. The van der Waals surface area contributed by atoms with E-state index >= 15 is 0 Å². The molecule has 2 heterocycles. The molecule has 0 aliphatic heterocycles. The van der Waals surface area contributed by atoms with Gasteiger partial charge in [-0.05, 0) is 29.3 Å². The van der Waals surface area contributed by atoms with E-state index in [2.05, 4.69) is 15.3 Å². The van der Waals surface area contributed by atoms with Crippen molar-refractivity contribution in [3.8, 4) is 0 Å². The molecule has 27 heavy (non-hydrogen) atoms. The third-order valence-electron chi connectivity index (χ3n) is 4.63. The number of rotatable bonds is 4. The van der Waals surface area contributed by atoms with Crippen molar-refractivity contribution in [1.82, 2.24) is 19.9 Å². The molecule has 4 aromatic rings. The fraction of sp³-hybridized carbons (Fsp3) is 0.150. The summed E-state index contributed by atoms with van der Waals surface area (Å²) < 4.78 is 2.04. The number of nitrogen functional groups attached to an aromatic ring is 2. The van der Waals surface area contributed by atoms with E-state index in [0.717, 1.165) is 27.4 Å². The summed E-state index contributed by atoms with van der Waals surface area (Å²) in [6.45, 7) is 0.406. The quantitative estimate of drug-likeness (QED) is 0.516. The Hall–Kier alpha value is -3.61. The molecular formula is C20H20N6O. The number of benzene rings is 2. The Kier molecular flexibility index (Phi) is 4.12. The highest BCUT2D eigenvalue weighted by Crippen LogP contribution is 2.21. The maximum atomic E-state index is 12.4. The number of hydrogen-bond acceptors (Lipinski definition) is 5. The van der Waals surface area contributed by atoms with Gasteiger partial charge in [0.25, 0.3) is 0 Å². The normalized spacial score (nSPS) is 11.1. The van der Waals surface area contributed by atoms with E-state index < -0.39 is 0 Å². The Labute approximate surface area is 156 Å². The number of carbonyl (C=O) groups excluding carboxylic acids is 1. The molecule has 5 N–H and O–H groups in total. The zero-order chi connectivity index (χ0) is 19.0. The van der Waals surface area contributed by atoms with Crippen LogP contribution in [0, 0.1) is 0 Å². The number of carbonyl (C=O) groups is 1. The molecule has 0 atom stereocenters. The lowest BCUT2D eigenvalue weighted by atomic mass is 10.1. The van der Waals surface area contributed by atoms with E-state index in [1.807, 2.05) is 60.3 Å². The molecule has 0 aliphatic rings. The summed E-state index contributed by atoms with van der Waals surface area (Å²) in [6.07, 6.45) is 2.33. The van der Waals surface area contributed by atoms with Gasteiger partial charge in [-0.2, -0.15) is 4.98 Å². The van der Waals surface area contributed by atoms with Crippen LogP contribution in [0.2, 0.25) is 0 Å². The first-order chi connectivity index (χ1) is 13.0. The molecule has 0 unspecified atom stereocenters. The smallest absolute Gasteiger partial charge is 0.224 e. The first kappa shape index (κ1) is 16.8. The largest absolute Gasteiger partial charge is 0.383 e. The van der Waals surface area contributed by atoms with E-state index in [-0.39, 0.29) is 11.9 Å². The summed E-state index contributed by atoms with van der Waals surface area (Å²) in [6, 6.07) is 13.7. The van der Waals surface area contributed by atoms with Crippen LogP contribution in [-0.4, -0.2) is 20.4 Å². The standard InChI is InChI=1S/C20H20N6O/c1-26-11-13(14-4-2-3-5-17(14)26)9-18(27)23-10-12-6-7-15-16(8-12)24-20(22)25-19(15)21/h2-8,11H,9-10H2,1H3,(H,23,27)(H4,21,22,24,25). The number of amides is 1. The number of fused-ring (bicyclic) bond motifs is 2. The van der Waals surface area contributed by atoms with Gasteiger partial charge in [-0.25, -0.2) is 4.98 Å². The number of aromatic nitrogens is 3. The summed E-state index contributed by atoms with van der Waals surface area (Å²) in [4.78, 5) is 20.6. The van der Waals surface area contributed by atoms with Crippen molar-refractivity contribution in [2.45, 2.75) is 13.0 Å². The lowest BCUT2D eigenvalue weighted by Gasteiger charge is -2.07. The van der Waals surface area contributed by atoms with Crippen molar-refractivity contribution in [2.75, 3.05) is 11.5 Å². The molecule has 2 aromatic heterocycles. The van der Waals surface area contributed by atoms with Crippen molar-refractivity contribution in [3.63, 3.8) is 0 Å². The van der Waals surface area contributed by atoms with E-state index in [0.29, 0.717) is 24.3 Å². The number of nitrogens with two attached hydrogens (primary N) is 2. The van der Waals surface area contributed by atoms with E-state index in [4.69, 9.17) is 11.5 Å². The Morgan fingerprint density at radius 3 is 2.78 bits per heavy atom. The zero-order valence-corrected chi connectivity index (χ0v) is 14.9. The maximum Gasteiger partial charge on any atom is 0.224 e. The van der Waals surface area contributed by atoms with Gasteiger partial charge >= 0.3 is 0 Å². The Morgan fingerprint density at radius 2 is 1.93 bits per heavy atom. The first-order valence-electron chi connectivity index (χ1n) is 8.62. The molecule has 0 bridgehead atoms. The van der Waals surface area contributed by atoms with Gasteiger partial charge in [0, 0.05) is 36.1 Å². The van der Waals surface area contributed by atoms with Crippen molar-refractivity contribution in [2.24, 2.45) is 7.05 Å². The minimum absolute atomic E-state index is 0.0341. The van der Waals surface area contributed by atoms with Crippen LogP contribution in [0.5, 0.6) is 0 Å². The van der Waals surface area contributed by atoms with Crippen LogP contribution in [0.1, 0.15) is 11.1 Å². The number of hydrogen-bond donors (Lipinski definition) is 3. The second-order valence-corrected chi connectivity index (χ2v) is 6.55. The summed E-state index contributed by atoms with van der Waals surface area (Å²) >= 11 is 0. The molecule has 0 saturated heterocycles.